The van der Waals surface area contributed by atoms with E-state index in [2.05, 4.69) is 33.4 Å². The second-order valence-corrected chi connectivity index (χ2v) is 6.71. The Bertz CT molecular complexity index is 662. The lowest BCUT2D eigenvalue weighted by atomic mass is 9.93. The van der Waals surface area contributed by atoms with E-state index in [1.54, 1.807) is 0 Å². The van der Waals surface area contributed by atoms with Crippen LogP contribution in [-0.4, -0.2) is 21.4 Å². The fraction of sp³-hybridized carbons (Fsp3) is 0.500. The van der Waals surface area contributed by atoms with Crippen molar-refractivity contribution in [3.05, 3.63) is 53.3 Å². The standard InChI is InChI=1S/C18H23N3O/c22-18(9-8-15-4-1-2-7-17(15)18)13-19-10-14-11-20-21(12-14)16-5-3-6-16/h1-2,4,7,11-12,16,19,22H,3,5-6,8-10,13H2. The summed E-state index contributed by atoms with van der Waals surface area (Å²) in [6, 6.07) is 8.85. The van der Waals surface area contributed by atoms with Crippen LogP contribution in [-0.2, 0) is 18.6 Å². The van der Waals surface area contributed by atoms with Crippen LogP contribution < -0.4 is 5.32 Å². The molecule has 0 bridgehead atoms. The molecule has 1 unspecified atom stereocenters. The van der Waals surface area contributed by atoms with Crippen molar-refractivity contribution in [2.24, 2.45) is 0 Å². The molecule has 1 saturated carbocycles. The van der Waals surface area contributed by atoms with Gasteiger partial charge in [-0.15, -0.1) is 0 Å². The molecule has 4 nitrogen and oxygen atoms in total. The van der Waals surface area contributed by atoms with Gasteiger partial charge in [-0.25, -0.2) is 0 Å². The van der Waals surface area contributed by atoms with Crippen molar-refractivity contribution in [1.82, 2.24) is 15.1 Å². The minimum absolute atomic E-state index is 0.596. The molecule has 2 aliphatic carbocycles. The highest BCUT2D eigenvalue weighted by molar-refractivity contribution is 5.37. The van der Waals surface area contributed by atoms with E-state index < -0.39 is 5.60 Å². The SMILES string of the molecule is OC1(CNCc2cnn(C3CCC3)c2)CCc2ccccc21. The second kappa shape index (κ2) is 5.52. The number of benzene rings is 1. The fourth-order valence-electron chi connectivity index (χ4n) is 3.59. The highest BCUT2D eigenvalue weighted by Crippen LogP contribution is 2.36. The third kappa shape index (κ3) is 2.46. The molecule has 1 aromatic carbocycles. The van der Waals surface area contributed by atoms with Crippen LogP contribution in [0, 0.1) is 0 Å². The molecule has 1 heterocycles. The minimum atomic E-state index is -0.722. The van der Waals surface area contributed by atoms with E-state index in [-0.39, 0.29) is 0 Å². The molecule has 2 aromatic rings. The van der Waals surface area contributed by atoms with E-state index >= 15 is 0 Å². The van der Waals surface area contributed by atoms with Crippen molar-refractivity contribution in [3.8, 4) is 0 Å². The van der Waals surface area contributed by atoms with Gasteiger partial charge < -0.3 is 10.4 Å². The van der Waals surface area contributed by atoms with Crippen molar-refractivity contribution >= 4 is 0 Å². The molecule has 116 valence electrons. The third-order valence-corrected chi connectivity index (χ3v) is 5.18. The first-order chi connectivity index (χ1) is 10.7. The summed E-state index contributed by atoms with van der Waals surface area (Å²) >= 11 is 0. The van der Waals surface area contributed by atoms with Gasteiger partial charge in [0.15, 0.2) is 0 Å². The van der Waals surface area contributed by atoms with Crippen LogP contribution in [0.4, 0.5) is 0 Å². The second-order valence-electron chi connectivity index (χ2n) is 6.71. The number of fused-ring (bicyclic) bond motifs is 1. The Morgan fingerprint density at radius 2 is 2.18 bits per heavy atom. The molecule has 1 atom stereocenters. The molecular weight excluding hydrogens is 274 g/mol. The summed E-state index contributed by atoms with van der Waals surface area (Å²) in [5, 5.41) is 18.7. The minimum Gasteiger partial charge on any atom is -0.384 e. The van der Waals surface area contributed by atoms with Gasteiger partial charge in [0.05, 0.1) is 12.2 Å². The first-order valence-corrected chi connectivity index (χ1v) is 8.29. The highest BCUT2D eigenvalue weighted by atomic mass is 16.3. The van der Waals surface area contributed by atoms with Gasteiger partial charge >= 0.3 is 0 Å². The lowest BCUT2D eigenvalue weighted by Gasteiger charge is -2.25. The van der Waals surface area contributed by atoms with Gasteiger partial charge in [0.2, 0.25) is 0 Å². The molecule has 0 aliphatic heterocycles. The predicted octanol–water partition coefficient (Wildman–Crippen LogP) is 2.53. The molecule has 2 N–H and O–H groups in total. The van der Waals surface area contributed by atoms with Crippen molar-refractivity contribution in [2.45, 2.75) is 50.3 Å². The van der Waals surface area contributed by atoms with Crippen LogP contribution in [0.2, 0.25) is 0 Å². The molecule has 2 aliphatic rings. The average Bonchev–Trinajstić information content (AvgIpc) is 3.04. The van der Waals surface area contributed by atoms with Crippen molar-refractivity contribution in [2.75, 3.05) is 6.54 Å². The number of nitrogens with one attached hydrogen (secondary N) is 1. The molecule has 1 fully saturated rings. The van der Waals surface area contributed by atoms with Gasteiger partial charge in [-0.3, -0.25) is 4.68 Å². The van der Waals surface area contributed by atoms with Crippen molar-refractivity contribution < 1.29 is 5.11 Å². The topological polar surface area (TPSA) is 50.1 Å². The average molecular weight is 297 g/mol. The first kappa shape index (κ1) is 14.0. The number of aliphatic hydroxyl groups is 1. The lowest BCUT2D eigenvalue weighted by Crippen LogP contribution is -2.35. The maximum Gasteiger partial charge on any atom is 0.103 e. The van der Waals surface area contributed by atoms with E-state index in [9.17, 15) is 5.11 Å². The summed E-state index contributed by atoms with van der Waals surface area (Å²) in [6.07, 6.45) is 9.69. The summed E-state index contributed by atoms with van der Waals surface area (Å²) < 4.78 is 2.10. The van der Waals surface area contributed by atoms with Gasteiger partial charge in [-0.05, 0) is 43.2 Å². The Kier molecular flexibility index (Phi) is 3.51. The summed E-state index contributed by atoms with van der Waals surface area (Å²) in [4.78, 5) is 0. The van der Waals surface area contributed by atoms with Gasteiger partial charge in [0.25, 0.3) is 0 Å². The van der Waals surface area contributed by atoms with Gasteiger partial charge in [0, 0.05) is 24.8 Å². The summed E-state index contributed by atoms with van der Waals surface area (Å²) in [7, 11) is 0. The van der Waals surface area contributed by atoms with Crippen molar-refractivity contribution in [3.63, 3.8) is 0 Å². The molecule has 4 heteroatoms. The number of rotatable bonds is 5. The summed E-state index contributed by atoms with van der Waals surface area (Å²) in [5.41, 5.74) is 2.85. The number of aryl methyl sites for hydroxylation is 1. The fourth-order valence-corrected chi connectivity index (χ4v) is 3.59. The van der Waals surface area contributed by atoms with E-state index in [4.69, 9.17) is 0 Å². The van der Waals surface area contributed by atoms with E-state index in [0.717, 1.165) is 24.9 Å². The van der Waals surface area contributed by atoms with Crippen molar-refractivity contribution in [1.29, 1.82) is 0 Å². The maximum absolute atomic E-state index is 10.9. The van der Waals surface area contributed by atoms with Crippen LogP contribution >= 0.6 is 0 Å². The zero-order valence-corrected chi connectivity index (χ0v) is 12.8. The molecule has 4 rings (SSSR count). The third-order valence-electron chi connectivity index (χ3n) is 5.18. The quantitative estimate of drug-likeness (QED) is 0.891. The van der Waals surface area contributed by atoms with Gasteiger partial charge in [-0.1, -0.05) is 24.3 Å². The number of hydrogen-bond acceptors (Lipinski definition) is 3. The Balaban J connectivity index is 1.36. The number of nitrogens with zero attached hydrogens (tertiary/aromatic N) is 2. The van der Waals surface area contributed by atoms with Gasteiger partial charge in [-0.2, -0.15) is 5.10 Å². The normalized spacial score (nSPS) is 24.2. The zero-order chi connectivity index (χ0) is 15.0. The largest absolute Gasteiger partial charge is 0.384 e. The molecule has 0 saturated heterocycles. The molecule has 0 radical (unpaired) electrons. The molecule has 1 aromatic heterocycles. The Morgan fingerprint density at radius 1 is 1.32 bits per heavy atom. The van der Waals surface area contributed by atoms with E-state index in [1.165, 1.54) is 30.4 Å². The predicted molar refractivity (Wildman–Crippen MR) is 85.5 cm³/mol. The lowest BCUT2D eigenvalue weighted by molar-refractivity contribution is 0.0384. The summed E-state index contributed by atoms with van der Waals surface area (Å²) in [5.74, 6) is 0. The van der Waals surface area contributed by atoms with Crippen LogP contribution in [0.5, 0.6) is 0 Å². The monoisotopic (exact) mass is 297 g/mol. The number of aromatic nitrogens is 2. The first-order valence-electron chi connectivity index (χ1n) is 8.29. The zero-order valence-electron chi connectivity index (χ0n) is 12.8. The molecular formula is C18H23N3O. The Hall–Kier alpha value is -1.65. The molecule has 22 heavy (non-hydrogen) atoms. The number of hydrogen-bond donors (Lipinski definition) is 2. The Labute approximate surface area is 131 Å². The van der Waals surface area contributed by atoms with Crippen LogP contribution in [0.1, 0.15) is 48.4 Å². The van der Waals surface area contributed by atoms with Crippen LogP contribution in [0.25, 0.3) is 0 Å². The van der Waals surface area contributed by atoms with Crippen LogP contribution in [0.3, 0.4) is 0 Å². The smallest absolute Gasteiger partial charge is 0.103 e. The highest BCUT2D eigenvalue weighted by Gasteiger charge is 2.35. The van der Waals surface area contributed by atoms with E-state index in [1.807, 2.05) is 18.3 Å². The van der Waals surface area contributed by atoms with Gasteiger partial charge in [0.1, 0.15) is 5.60 Å². The molecule has 0 spiro atoms. The molecule has 0 amide bonds. The maximum atomic E-state index is 10.9. The summed E-state index contributed by atoms with van der Waals surface area (Å²) in [6.45, 7) is 1.36. The van der Waals surface area contributed by atoms with E-state index in [0.29, 0.717) is 12.6 Å². The van der Waals surface area contributed by atoms with Crippen LogP contribution in [0.15, 0.2) is 36.7 Å². The Morgan fingerprint density at radius 3 is 3.00 bits per heavy atom.